The number of hydrogen-bond acceptors (Lipinski definition) is 3. The number of nitrogens with two attached hydrogens (primary N) is 1. The molecule has 98 valence electrons. The van der Waals surface area contributed by atoms with E-state index >= 15 is 0 Å². The van der Waals surface area contributed by atoms with Crippen LogP contribution in [0.4, 0.5) is 5.69 Å². The number of rotatable bonds is 3. The monoisotopic (exact) mass is 322 g/mol. The fourth-order valence-corrected chi connectivity index (χ4v) is 2.04. The van der Waals surface area contributed by atoms with Gasteiger partial charge in [0.25, 0.3) is 0 Å². The van der Waals surface area contributed by atoms with Crippen LogP contribution < -0.4 is 16.7 Å². The number of aromatic nitrogens is 2. The third-order valence-electron chi connectivity index (χ3n) is 2.54. The number of carbonyl (C=O) groups excluding carboxylic acids is 1. The van der Waals surface area contributed by atoms with Gasteiger partial charge in [-0.05, 0) is 28.1 Å². The molecule has 0 aliphatic carbocycles. The Bertz CT molecular complexity index is 725. The van der Waals surface area contributed by atoms with E-state index in [9.17, 15) is 9.59 Å². The van der Waals surface area contributed by atoms with Crippen LogP contribution in [0.1, 0.15) is 6.42 Å². The third-order valence-corrected chi connectivity index (χ3v) is 3.19. The number of aromatic amines is 2. The number of amides is 1. The number of hydrogen-bond donors (Lipinski definition) is 4. The Hall–Kier alpha value is -2.04. The summed E-state index contributed by atoms with van der Waals surface area (Å²) in [4.78, 5) is 28.2. The highest BCUT2D eigenvalue weighted by Gasteiger charge is 2.14. The molecule has 0 bridgehead atoms. The van der Waals surface area contributed by atoms with Gasteiger partial charge in [-0.25, -0.2) is 4.79 Å². The first-order chi connectivity index (χ1) is 9.01. The number of anilines is 1. The summed E-state index contributed by atoms with van der Waals surface area (Å²) in [5, 5.41) is 2.65. The van der Waals surface area contributed by atoms with Crippen molar-refractivity contribution in [3.05, 3.63) is 27.1 Å². The topological polar surface area (TPSA) is 104 Å². The van der Waals surface area contributed by atoms with Crippen LogP contribution in [0.2, 0.25) is 0 Å². The van der Waals surface area contributed by atoms with Crippen molar-refractivity contribution >= 4 is 38.6 Å². The molecule has 1 aromatic carbocycles. The smallest absolute Gasteiger partial charge is 0.323 e. The number of fused-ring (bicyclic) bond motifs is 1. The van der Waals surface area contributed by atoms with Gasteiger partial charge in [0, 0.05) is 10.9 Å². The molecular weight excluding hydrogens is 312 g/mol. The second kappa shape index (κ2) is 5.30. The van der Waals surface area contributed by atoms with Gasteiger partial charge in [-0.15, -0.1) is 12.3 Å². The predicted octanol–water partition coefficient (Wildman–Crippen LogP) is 0.908. The Morgan fingerprint density at radius 1 is 1.47 bits per heavy atom. The van der Waals surface area contributed by atoms with Crippen molar-refractivity contribution < 1.29 is 4.79 Å². The first-order valence-corrected chi connectivity index (χ1v) is 6.22. The second-order valence-electron chi connectivity index (χ2n) is 3.96. The van der Waals surface area contributed by atoms with Crippen molar-refractivity contribution in [2.24, 2.45) is 5.73 Å². The molecule has 2 rings (SSSR count). The van der Waals surface area contributed by atoms with Crippen LogP contribution >= 0.6 is 15.9 Å². The lowest BCUT2D eigenvalue weighted by Gasteiger charge is -2.11. The number of carbonyl (C=O) groups is 1. The van der Waals surface area contributed by atoms with E-state index in [1.807, 2.05) is 0 Å². The van der Waals surface area contributed by atoms with Gasteiger partial charge >= 0.3 is 5.69 Å². The summed E-state index contributed by atoms with van der Waals surface area (Å²) in [6.07, 6.45) is 5.26. The van der Waals surface area contributed by atoms with E-state index in [4.69, 9.17) is 12.2 Å². The van der Waals surface area contributed by atoms with Crippen molar-refractivity contribution in [2.45, 2.75) is 12.5 Å². The molecule has 0 spiro atoms. The second-order valence-corrected chi connectivity index (χ2v) is 4.82. The van der Waals surface area contributed by atoms with E-state index in [0.29, 0.717) is 21.2 Å². The Balaban J connectivity index is 2.30. The molecule has 1 aromatic heterocycles. The molecule has 6 nitrogen and oxygen atoms in total. The fraction of sp³-hybridized carbons (Fsp3) is 0.167. The zero-order valence-electron chi connectivity index (χ0n) is 9.79. The zero-order chi connectivity index (χ0) is 14.0. The fourth-order valence-electron chi connectivity index (χ4n) is 1.60. The molecule has 0 fully saturated rings. The number of terminal acetylenes is 1. The summed E-state index contributed by atoms with van der Waals surface area (Å²) in [5.41, 5.74) is 7.05. The largest absolute Gasteiger partial charge is 0.324 e. The van der Waals surface area contributed by atoms with Gasteiger partial charge in [-0.2, -0.15) is 0 Å². The third kappa shape index (κ3) is 2.86. The van der Waals surface area contributed by atoms with Crippen LogP contribution in [0.25, 0.3) is 11.0 Å². The Labute approximate surface area is 116 Å². The number of imidazole rings is 1. The Kier molecular flexibility index (Phi) is 3.74. The van der Waals surface area contributed by atoms with Crippen molar-refractivity contribution in [3.8, 4) is 12.3 Å². The highest BCUT2D eigenvalue weighted by atomic mass is 79.9. The molecule has 7 heteroatoms. The number of nitrogens with one attached hydrogen (secondary N) is 3. The van der Waals surface area contributed by atoms with Gasteiger partial charge in [0.15, 0.2) is 0 Å². The van der Waals surface area contributed by atoms with Gasteiger partial charge in [-0.1, -0.05) is 0 Å². The molecule has 0 saturated heterocycles. The molecule has 1 heterocycles. The van der Waals surface area contributed by atoms with E-state index in [1.54, 1.807) is 12.1 Å². The van der Waals surface area contributed by atoms with Gasteiger partial charge < -0.3 is 21.0 Å². The van der Waals surface area contributed by atoms with Crippen LogP contribution in [-0.2, 0) is 4.79 Å². The molecule has 1 unspecified atom stereocenters. The van der Waals surface area contributed by atoms with Crippen molar-refractivity contribution in [3.63, 3.8) is 0 Å². The minimum absolute atomic E-state index is 0.159. The standard InChI is InChI=1S/C12H11BrN4O2/c1-2-3-7(14)11(18)15-8-5-10-9(4-6(8)13)16-12(19)17-10/h1,4-5,7H,3,14H2,(H,15,18)(H2,16,17,19). The van der Waals surface area contributed by atoms with Gasteiger partial charge in [-0.3, -0.25) is 4.79 Å². The van der Waals surface area contributed by atoms with Crippen LogP contribution in [0, 0.1) is 12.3 Å². The molecular formula is C12H11BrN4O2. The zero-order valence-corrected chi connectivity index (χ0v) is 11.4. The molecule has 0 radical (unpaired) electrons. The van der Waals surface area contributed by atoms with E-state index in [0.717, 1.165) is 0 Å². The van der Waals surface area contributed by atoms with Crippen molar-refractivity contribution in [1.82, 2.24) is 9.97 Å². The van der Waals surface area contributed by atoms with Crippen LogP contribution in [0.3, 0.4) is 0 Å². The predicted molar refractivity (Wildman–Crippen MR) is 76.7 cm³/mol. The Morgan fingerprint density at radius 3 is 2.74 bits per heavy atom. The van der Waals surface area contributed by atoms with Crippen LogP contribution in [-0.4, -0.2) is 21.9 Å². The maximum atomic E-state index is 11.8. The molecule has 1 atom stereocenters. The summed E-state index contributed by atoms with van der Waals surface area (Å²) in [7, 11) is 0. The quantitative estimate of drug-likeness (QED) is 0.631. The Morgan fingerprint density at radius 2 is 2.11 bits per heavy atom. The molecule has 19 heavy (non-hydrogen) atoms. The highest BCUT2D eigenvalue weighted by molar-refractivity contribution is 9.10. The normalized spacial score (nSPS) is 12.1. The minimum atomic E-state index is -0.766. The van der Waals surface area contributed by atoms with E-state index in [-0.39, 0.29) is 18.0 Å². The molecule has 0 saturated carbocycles. The molecule has 2 aromatic rings. The summed E-state index contributed by atoms with van der Waals surface area (Å²) in [6, 6.07) is 2.56. The van der Waals surface area contributed by atoms with Crippen molar-refractivity contribution in [2.75, 3.05) is 5.32 Å². The summed E-state index contributed by atoms with van der Waals surface area (Å²) < 4.78 is 0.636. The lowest BCUT2D eigenvalue weighted by Crippen LogP contribution is -2.35. The first-order valence-electron chi connectivity index (χ1n) is 5.42. The highest BCUT2D eigenvalue weighted by Crippen LogP contribution is 2.26. The number of H-pyrrole nitrogens is 2. The number of benzene rings is 1. The molecule has 0 aliphatic heterocycles. The lowest BCUT2D eigenvalue weighted by atomic mass is 10.2. The maximum Gasteiger partial charge on any atom is 0.323 e. The van der Waals surface area contributed by atoms with E-state index in [2.05, 4.69) is 37.1 Å². The number of halogens is 1. The van der Waals surface area contributed by atoms with E-state index < -0.39 is 6.04 Å². The SMILES string of the molecule is C#CCC(N)C(=O)Nc1cc2[nH]c(=O)[nH]c2cc1Br. The lowest BCUT2D eigenvalue weighted by molar-refractivity contribution is -0.117. The average Bonchev–Trinajstić information content (AvgIpc) is 2.69. The van der Waals surface area contributed by atoms with Gasteiger partial charge in [0.05, 0.1) is 22.8 Å². The van der Waals surface area contributed by atoms with Gasteiger partial charge in [0.2, 0.25) is 5.91 Å². The first kappa shape index (κ1) is 13.4. The van der Waals surface area contributed by atoms with Gasteiger partial charge in [0.1, 0.15) is 0 Å². The molecule has 5 N–H and O–H groups in total. The maximum absolute atomic E-state index is 11.8. The summed E-state index contributed by atoms with van der Waals surface area (Å²) >= 11 is 3.31. The minimum Gasteiger partial charge on any atom is -0.324 e. The van der Waals surface area contributed by atoms with Crippen LogP contribution in [0.5, 0.6) is 0 Å². The molecule has 1 amide bonds. The summed E-state index contributed by atoms with van der Waals surface area (Å²) in [6.45, 7) is 0. The van der Waals surface area contributed by atoms with E-state index in [1.165, 1.54) is 0 Å². The van der Waals surface area contributed by atoms with Crippen molar-refractivity contribution in [1.29, 1.82) is 0 Å². The van der Waals surface area contributed by atoms with Crippen LogP contribution in [0.15, 0.2) is 21.4 Å². The average molecular weight is 323 g/mol. The summed E-state index contributed by atoms with van der Waals surface area (Å²) in [5.74, 6) is 1.95. The molecule has 0 aliphatic rings.